The molecule has 2 amide bonds. The minimum absolute atomic E-state index is 0.155. The third-order valence-electron chi connectivity index (χ3n) is 3.11. The smallest absolute Gasteiger partial charge is 0.289 e. The number of nitrogens with one attached hydrogen (secondary N) is 2. The van der Waals surface area contributed by atoms with Crippen LogP contribution in [0.3, 0.4) is 0 Å². The fourth-order valence-corrected chi connectivity index (χ4v) is 2.05. The number of hydrogen-bond acceptors (Lipinski definition) is 4. The molecule has 1 aliphatic rings. The van der Waals surface area contributed by atoms with Crippen LogP contribution in [0.2, 0.25) is 0 Å². The summed E-state index contributed by atoms with van der Waals surface area (Å²) < 4.78 is 10.5. The molecule has 0 radical (unpaired) electrons. The van der Waals surface area contributed by atoms with E-state index in [0.717, 1.165) is 11.3 Å². The third kappa shape index (κ3) is 4.51. The second-order valence-corrected chi connectivity index (χ2v) is 5.01. The molecule has 118 valence electrons. The van der Waals surface area contributed by atoms with Gasteiger partial charge in [0.2, 0.25) is 11.7 Å². The number of aryl methyl sites for hydroxylation is 1. The van der Waals surface area contributed by atoms with Crippen molar-refractivity contribution in [2.75, 3.05) is 25.1 Å². The molecule has 0 atom stereocenters. The largest absolute Gasteiger partial charge is 0.491 e. The van der Waals surface area contributed by atoms with Crippen molar-refractivity contribution in [3.05, 3.63) is 41.3 Å². The summed E-state index contributed by atoms with van der Waals surface area (Å²) in [5.41, 5.74) is 1.82. The monoisotopic (exact) mass is 304 g/mol. The first-order valence-electron chi connectivity index (χ1n) is 7.17. The van der Waals surface area contributed by atoms with Gasteiger partial charge in [0.15, 0.2) is 0 Å². The Kier molecular flexibility index (Phi) is 5.41. The first-order valence-corrected chi connectivity index (χ1v) is 7.17. The molecule has 0 spiro atoms. The SMILES string of the molecule is CC1=C(C(=O)NCCC(=O)Nc2cccc(C)c2)OCCO1. The Labute approximate surface area is 129 Å². The van der Waals surface area contributed by atoms with Crippen molar-refractivity contribution in [2.24, 2.45) is 0 Å². The van der Waals surface area contributed by atoms with Gasteiger partial charge in [0.05, 0.1) is 0 Å². The molecule has 0 saturated carbocycles. The van der Waals surface area contributed by atoms with Crippen LogP contribution in [0.1, 0.15) is 18.9 Å². The summed E-state index contributed by atoms with van der Waals surface area (Å²) in [6.45, 7) is 4.67. The highest BCUT2D eigenvalue weighted by Gasteiger charge is 2.19. The summed E-state index contributed by atoms with van der Waals surface area (Å²) in [5, 5.41) is 5.43. The highest BCUT2D eigenvalue weighted by molar-refractivity contribution is 5.93. The van der Waals surface area contributed by atoms with E-state index in [-0.39, 0.29) is 30.5 Å². The lowest BCUT2D eigenvalue weighted by Crippen LogP contribution is -2.32. The van der Waals surface area contributed by atoms with Crippen molar-refractivity contribution in [3.8, 4) is 0 Å². The van der Waals surface area contributed by atoms with E-state index < -0.39 is 0 Å². The number of hydrogen-bond donors (Lipinski definition) is 2. The van der Waals surface area contributed by atoms with E-state index in [1.165, 1.54) is 0 Å². The lowest BCUT2D eigenvalue weighted by molar-refractivity contribution is -0.122. The van der Waals surface area contributed by atoms with Crippen LogP contribution in [-0.4, -0.2) is 31.6 Å². The van der Waals surface area contributed by atoms with Gasteiger partial charge in [0.25, 0.3) is 5.91 Å². The van der Waals surface area contributed by atoms with Crippen molar-refractivity contribution in [1.82, 2.24) is 5.32 Å². The van der Waals surface area contributed by atoms with Crippen LogP contribution in [0.25, 0.3) is 0 Å². The molecule has 6 heteroatoms. The van der Waals surface area contributed by atoms with Crippen LogP contribution >= 0.6 is 0 Å². The Hall–Kier alpha value is -2.50. The maximum atomic E-state index is 11.9. The summed E-state index contributed by atoms with van der Waals surface area (Å²) >= 11 is 0. The maximum absolute atomic E-state index is 11.9. The van der Waals surface area contributed by atoms with Crippen LogP contribution in [-0.2, 0) is 19.1 Å². The summed E-state index contributed by atoms with van der Waals surface area (Å²) in [5.74, 6) is 0.135. The molecule has 0 fully saturated rings. The molecule has 0 aromatic heterocycles. The van der Waals surface area contributed by atoms with Gasteiger partial charge in [-0.25, -0.2) is 0 Å². The summed E-state index contributed by atoms with van der Waals surface area (Å²) in [6.07, 6.45) is 0.187. The van der Waals surface area contributed by atoms with E-state index in [1.807, 2.05) is 31.2 Å². The first kappa shape index (κ1) is 15.9. The van der Waals surface area contributed by atoms with Crippen molar-refractivity contribution in [3.63, 3.8) is 0 Å². The zero-order valence-corrected chi connectivity index (χ0v) is 12.8. The Balaban J connectivity index is 1.76. The van der Waals surface area contributed by atoms with Crippen LogP contribution in [0.5, 0.6) is 0 Å². The number of allylic oxidation sites excluding steroid dienone is 1. The molecule has 2 rings (SSSR count). The predicted molar refractivity (Wildman–Crippen MR) is 82.0 cm³/mol. The van der Waals surface area contributed by atoms with Crippen LogP contribution in [0.15, 0.2) is 35.8 Å². The van der Waals surface area contributed by atoms with Crippen molar-refractivity contribution in [2.45, 2.75) is 20.3 Å². The van der Waals surface area contributed by atoms with Gasteiger partial charge in [-0.2, -0.15) is 0 Å². The molecule has 0 aliphatic carbocycles. The van der Waals surface area contributed by atoms with Gasteiger partial charge in [-0.1, -0.05) is 12.1 Å². The first-order chi connectivity index (χ1) is 10.6. The summed E-state index contributed by atoms with van der Waals surface area (Å²) in [6, 6.07) is 7.54. The molecular weight excluding hydrogens is 284 g/mol. The van der Waals surface area contributed by atoms with E-state index in [0.29, 0.717) is 19.0 Å². The van der Waals surface area contributed by atoms with E-state index in [4.69, 9.17) is 9.47 Å². The Morgan fingerprint density at radius 3 is 2.68 bits per heavy atom. The van der Waals surface area contributed by atoms with E-state index in [9.17, 15) is 9.59 Å². The highest BCUT2D eigenvalue weighted by atomic mass is 16.6. The van der Waals surface area contributed by atoms with E-state index in [1.54, 1.807) is 6.92 Å². The average Bonchev–Trinajstić information content (AvgIpc) is 2.47. The maximum Gasteiger partial charge on any atom is 0.289 e. The van der Waals surface area contributed by atoms with E-state index in [2.05, 4.69) is 10.6 Å². The van der Waals surface area contributed by atoms with Gasteiger partial charge in [0.1, 0.15) is 19.0 Å². The zero-order chi connectivity index (χ0) is 15.9. The van der Waals surface area contributed by atoms with Crippen molar-refractivity contribution < 1.29 is 19.1 Å². The molecule has 2 N–H and O–H groups in total. The number of anilines is 1. The zero-order valence-electron chi connectivity index (χ0n) is 12.8. The molecule has 6 nitrogen and oxygen atoms in total. The van der Waals surface area contributed by atoms with Gasteiger partial charge in [-0.15, -0.1) is 0 Å². The number of rotatable bonds is 5. The Morgan fingerprint density at radius 2 is 1.95 bits per heavy atom. The fraction of sp³-hybridized carbons (Fsp3) is 0.375. The molecule has 1 aromatic carbocycles. The minimum atomic E-state index is -0.361. The van der Waals surface area contributed by atoms with Crippen molar-refractivity contribution >= 4 is 17.5 Å². The van der Waals surface area contributed by atoms with Crippen LogP contribution in [0, 0.1) is 6.92 Å². The highest BCUT2D eigenvalue weighted by Crippen LogP contribution is 2.13. The third-order valence-corrected chi connectivity index (χ3v) is 3.11. The fourth-order valence-electron chi connectivity index (χ4n) is 2.05. The Bertz CT molecular complexity index is 596. The normalized spacial score (nSPS) is 13.9. The van der Waals surface area contributed by atoms with Crippen LogP contribution < -0.4 is 10.6 Å². The quantitative estimate of drug-likeness (QED) is 0.868. The van der Waals surface area contributed by atoms with Gasteiger partial charge in [-0.3, -0.25) is 9.59 Å². The minimum Gasteiger partial charge on any atom is -0.491 e. The topological polar surface area (TPSA) is 76.7 Å². The van der Waals surface area contributed by atoms with Crippen LogP contribution in [0.4, 0.5) is 5.69 Å². The lowest BCUT2D eigenvalue weighted by Gasteiger charge is -2.19. The second-order valence-electron chi connectivity index (χ2n) is 5.01. The summed E-state index contributed by atoms with van der Waals surface area (Å²) in [7, 11) is 0. The molecular formula is C16H20N2O4. The van der Waals surface area contributed by atoms with Gasteiger partial charge in [-0.05, 0) is 31.5 Å². The Morgan fingerprint density at radius 1 is 1.18 bits per heavy atom. The standard InChI is InChI=1S/C16H20N2O4/c1-11-4-3-5-13(10-11)18-14(19)6-7-17-16(20)15-12(2)21-8-9-22-15/h3-5,10H,6-9H2,1-2H3,(H,17,20)(H,18,19). The van der Waals surface area contributed by atoms with E-state index >= 15 is 0 Å². The van der Waals surface area contributed by atoms with Gasteiger partial charge < -0.3 is 20.1 Å². The lowest BCUT2D eigenvalue weighted by atomic mass is 10.2. The molecule has 1 heterocycles. The number of amides is 2. The molecule has 22 heavy (non-hydrogen) atoms. The summed E-state index contributed by atoms with van der Waals surface area (Å²) in [4.78, 5) is 23.7. The van der Waals surface area contributed by atoms with Gasteiger partial charge in [0, 0.05) is 18.7 Å². The number of carbonyl (C=O) groups excluding carboxylic acids is 2. The molecule has 0 unspecified atom stereocenters. The van der Waals surface area contributed by atoms with Gasteiger partial charge >= 0.3 is 0 Å². The molecule has 1 aliphatic heterocycles. The van der Waals surface area contributed by atoms with Crippen molar-refractivity contribution in [1.29, 1.82) is 0 Å². The number of benzene rings is 1. The molecule has 0 bridgehead atoms. The predicted octanol–water partition coefficient (Wildman–Crippen LogP) is 1.72. The molecule has 1 aromatic rings. The molecule has 0 saturated heterocycles. The number of ether oxygens (including phenoxy) is 2. The second kappa shape index (κ2) is 7.49. The average molecular weight is 304 g/mol. The number of carbonyl (C=O) groups is 2.